The van der Waals surface area contributed by atoms with E-state index in [4.69, 9.17) is 4.74 Å². The summed E-state index contributed by atoms with van der Waals surface area (Å²) in [6.07, 6.45) is 7.67. The third-order valence-electron chi connectivity index (χ3n) is 7.04. The number of nitrogens with one attached hydrogen (secondary N) is 2. The van der Waals surface area contributed by atoms with Crippen LogP contribution in [0.4, 0.5) is 0 Å². The molecule has 0 radical (unpaired) electrons. The molecule has 0 aliphatic heterocycles. The molecule has 1 aliphatic rings. The van der Waals surface area contributed by atoms with E-state index in [-0.39, 0.29) is 17.4 Å². The Morgan fingerprint density at radius 1 is 1.08 bits per heavy atom. The average Bonchev–Trinajstić information content (AvgIpc) is 2.92. The molecule has 2 aromatic carbocycles. The molecule has 0 saturated heterocycles. The van der Waals surface area contributed by atoms with Gasteiger partial charge >= 0.3 is 0 Å². The minimum atomic E-state index is -0.157. The Labute approximate surface area is 215 Å². The number of amides is 1. The van der Waals surface area contributed by atoms with Crippen LogP contribution in [0.25, 0.3) is 0 Å². The Kier molecular flexibility index (Phi) is 10.2. The van der Waals surface area contributed by atoms with Crippen molar-refractivity contribution < 1.29 is 9.53 Å². The van der Waals surface area contributed by atoms with Crippen LogP contribution in [0, 0.1) is 11.5 Å². The second-order valence-electron chi connectivity index (χ2n) is 9.47. The number of benzene rings is 2. The molecular weight excluding hydrogens is 450 g/mol. The maximum atomic E-state index is 13.1. The quantitative estimate of drug-likeness (QED) is 0.283. The van der Waals surface area contributed by atoms with E-state index in [1.54, 1.807) is 19.2 Å². The number of rotatable bonds is 10. The molecule has 0 atom stereocenters. The number of nitrogens with zero attached hydrogens (tertiary/aromatic N) is 3. The van der Waals surface area contributed by atoms with Crippen molar-refractivity contribution in [2.24, 2.45) is 4.99 Å². The van der Waals surface area contributed by atoms with Gasteiger partial charge in [-0.1, -0.05) is 56.3 Å². The van der Waals surface area contributed by atoms with Gasteiger partial charge in [0.05, 0.1) is 12.7 Å². The Hall–Kier alpha value is -3.53. The number of aliphatic imine (C=N–C) groups is 1. The number of carbonyl (C=O) groups is 1. The van der Waals surface area contributed by atoms with Crippen LogP contribution in [0.3, 0.4) is 0 Å². The van der Waals surface area contributed by atoms with Crippen molar-refractivity contribution >= 4 is 11.9 Å². The van der Waals surface area contributed by atoms with Gasteiger partial charge in [-0.25, -0.2) is 0 Å². The van der Waals surface area contributed by atoms with Gasteiger partial charge in [0.1, 0.15) is 5.75 Å². The Balaban J connectivity index is 1.73. The van der Waals surface area contributed by atoms with Crippen molar-refractivity contribution in [2.75, 3.05) is 26.7 Å². The number of guanidine groups is 1. The number of nitriles is 1. The second-order valence-corrected chi connectivity index (χ2v) is 9.47. The largest absolute Gasteiger partial charge is 0.496 e. The summed E-state index contributed by atoms with van der Waals surface area (Å²) in [5.74, 6) is 1.13. The first-order valence-corrected chi connectivity index (χ1v) is 13.0. The van der Waals surface area contributed by atoms with Crippen LogP contribution >= 0.6 is 0 Å². The molecular formula is C29H39N5O2. The Morgan fingerprint density at radius 2 is 1.72 bits per heavy atom. The lowest BCUT2D eigenvalue weighted by molar-refractivity contribution is 0.0932. The molecule has 2 aromatic rings. The van der Waals surface area contributed by atoms with Crippen LogP contribution in [0.2, 0.25) is 0 Å². The standard InChI is InChI=1S/C29H39N5O2/c1-4-19-34(20-5-2)28(32-22-30)33-24-15-17-29(18-16-24,23-11-7-6-8-12-23)21-31-27(35)25-13-9-10-14-26(25)36-3/h6-14,24H,4-5,15-21H2,1-3H3,(H,31,35)(H,32,33)/t24-,29+. The Bertz CT molecular complexity index is 1030. The topological polar surface area (TPSA) is 89.8 Å². The van der Waals surface area contributed by atoms with Crippen LogP contribution < -0.4 is 15.4 Å². The molecule has 192 valence electrons. The molecule has 1 saturated carbocycles. The highest BCUT2D eigenvalue weighted by Gasteiger charge is 2.38. The van der Waals surface area contributed by atoms with E-state index in [0.29, 0.717) is 23.8 Å². The molecule has 7 nitrogen and oxygen atoms in total. The smallest absolute Gasteiger partial charge is 0.255 e. The minimum Gasteiger partial charge on any atom is -0.496 e. The SMILES string of the molecule is CCCN(CCC)/C(=N/C#N)N[C@H]1CC[C@@](CNC(=O)c2ccccc2OC)(c2ccccc2)CC1. The predicted octanol–water partition coefficient (Wildman–Crippen LogP) is 4.85. The van der Waals surface area contributed by atoms with Gasteiger partial charge in [-0.05, 0) is 56.2 Å². The van der Waals surface area contributed by atoms with Gasteiger partial charge in [0.15, 0.2) is 0 Å². The first-order valence-electron chi connectivity index (χ1n) is 13.0. The maximum Gasteiger partial charge on any atom is 0.255 e. The van der Waals surface area contributed by atoms with Gasteiger partial charge in [0.25, 0.3) is 5.91 Å². The van der Waals surface area contributed by atoms with E-state index in [1.807, 2.05) is 24.4 Å². The highest BCUT2D eigenvalue weighted by molar-refractivity contribution is 5.97. The number of para-hydroxylation sites is 1. The minimum absolute atomic E-state index is 0.124. The van der Waals surface area contributed by atoms with Gasteiger partial charge in [0.2, 0.25) is 12.2 Å². The van der Waals surface area contributed by atoms with Crippen molar-refractivity contribution in [3.63, 3.8) is 0 Å². The zero-order valence-electron chi connectivity index (χ0n) is 21.8. The van der Waals surface area contributed by atoms with E-state index in [2.05, 4.69) is 58.6 Å². The van der Waals surface area contributed by atoms with Crippen molar-refractivity contribution in [3.8, 4) is 11.9 Å². The van der Waals surface area contributed by atoms with Crippen LogP contribution in [0.1, 0.15) is 68.3 Å². The monoisotopic (exact) mass is 489 g/mol. The van der Waals surface area contributed by atoms with Crippen LogP contribution in [-0.2, 0) is 5.41 Å². The molecule has 0 spiro atoms. The molecule has 1 fully saturated rings. The highest BCUT2D eigenvalue weighted by atomic mass is 16.5. The third-order valence-corrected chi connectivity index (χ3v) is 7.04. The first-order chi connectivity index (χ1) is 17.6. The van der Waals surface area contributed by atoms with Gasteiger partial charge < -0.3 is 20.3 Å². The van der Waals surface area contributed by atoms with Gasteiger partial charge in [-0.2, -0.15) is 5.26 Å². The van der Waals surface area contributed by atoms with Crippen LogP contribution in [0.5, 0.6) is 5.75 Å². The fourth-order valence-corrected chi connectivity index (χ4v) is 5.14. The molecule has 1 aliphatic carbocycles. The fourth-order valence-electron chi connectivity index (χ4n) is 5.14. The molecule has 3 rings (SSSR count). The number of carbonyl (C=O) groups excluding carboxylic acids is 1. The maximum absolute atomic E-state index is 13.1. The summed E-state index contributed by atoms with van der Waals surface area (Å²) < 4.78 is 5.39. The molecule has 0 heterocycles. The van der Waals surface area contributed by atoms with Crippen LogP contribution in [0.15, 0.2) is 59.6 Å². The number of methoxy groups -OCH3 is 1. The molecule has 2 N–H and O–H groups in total. The van der Waals surface area contributed by atoms with Crippen molar-refractivity contribution in [1.29, 1.82) is 5.26 Å². The molecule has 0 aromatic heterocycles. The van der Waals surface area contributed by atoms with E-state index in [0.717, 1.165) is 51.6 Å². The number of hydrogen-bond donors (Lipinski definition) is 2. The summed E-state index contributed by atoms with van der Waals surface area (Å²) in [5, 5.41) is 16.1. The number of hydrogen-bond acceptors (Lipinski definition) is 4. The van der Waals surface area contributed by atoms with E-state index >= 15 is 0 Å². The van der Waals surface area contributed by atoms with Crippen molar-refractivity contribution in [2.45, 2.75) is 63.8 Å². The lowest BCUT2D eigenvalue weighted by atomic mass is 9.68. The van der Waals surface area contributed by atoms with E-state index < -0.39 is 0 Å². The van der Waals surface area contributed by atoms with E-state index in [1.165, 1.54) is 5.56 Å². The summed E-state index contributed by atoms with van der Waals surface area (Å²) in [7, 11) is 1.58. The first kappa shape index (κ1) is 27.1. The average molecular weight is 490 g/mol. The van der Waals surface area contributed by atoms with Gasteiger partial charge in [-0.3, -0.25) is 4.79 Å². The molecule has 0 bridgehead atoms. The van der Waals surface area contributed by atoms with Gasteiger partial charge in [0, 0.05) is 31.1 Å². The number of ether oxygens (including phenoxy) is 1. The predicted molar refractivity (Wildman–Crippen MR) is 144 cm³/mol. The Morgan fingerprint density at radius 3 is 2.33 bits per heavy atom. The van der Waals surface area contributed by atoms with E-state index in [9.17, 15) is 10.1 Å². The third kappa shape index (κ3) is 6.78. The zero-order valence-corrected chi connectivity index (χ0v) is 21.8. The molecule has 0 unspecified atom stereocenters. The van der Waals surface area contributed by atoms with Crippen molar-refractivity contribution in [3.05, 3.63) is 65.7 Å². The second kappa shape index (κ2) is 13.5. The van der Waals surface area contributed by atoms with Gasteiger partial charge in [-0.15, -0.1) is 4.99 Å². The summed E-state index contributed by atoms with van der Waals surface area (Å²) in [4.78, 5) is 19.4. The summed E-state index contributed by atoms with van der Waals surface area (Å²) >= 11 is 0. The molecule has 1 amide bonds. The summed E-state index contributed by atoms with van der Waals surface area (Å²) in [6, 6.07) is 18.0. The molecule has 7 heteroatoms. The van der Waals surface area contributed by atoms with Crippen LogP contribution in [-0.4, -0.2) is 49.6 Å². The molecule has 36 heavy (non-hydrogen) atoms. The fraction of sp³-hybridized carbons (Fsp3) is 0.483. The zero-order chi connectivity index (χ0) is 25.8. The lowest BCUT2D eigenvalue weighted by Crippen LogP contribution is -2.51. The highest BCUT2D eigenvalue weighted by Crippen LogP contribution is 2.39. The summed E-state index contributed by atoms with van der Waals surface area (Å²) in [6.45, 7) is 6.58. The van der Waals surface area contributed by atoms with Crippen molar-refractivity contribution in [1.82, 2.24) is 15.5 Å². The normalized spacial score (nSPS) is 19.7. The summed E-state index contributed by atoms with van der Waals surface area (Å²) in [5.41, 5.74) is 1.63. The lowest BCUT2D eigenvalue weighted by Gasteiger charge is -2.42.